The highest BCUT2D eigenvalue weighted by molar-refractivity contribution is 5.97. The highest BCUT2D eigenvalue weighted by atomic mass is 16.3. The molecule has 2 aromatic rings. The van der Waals surface area contributed by atoms with Gasteiger partial charge in [0.1, 0.15) is 11.5 Å². The molecular formula is C19H19NO3. The predicted octanol–water partition coefficient (Wildman–Crippen LogP) is 3.70. The Morgan fingerprint density at radius 1 is 1.13 bits per heavy atom. The van der Waals surface area contributed by atoms with E-state index in [9.17, 15) is 9.59 Å². The van der Waals surface area contributed by atoms with Gasteiger partial charge in [-0.3, -0.25) is 9.59 Å². The van der Waals surface area contributed by atoms with Crippen molar-refractivity contribution in [2.45, 2.75) is 37.6 Å². The van der Waals surface area contributed by atoms with E-state index in [2.05, 4.69) is 0 Å². The largest absolute Gasteiger partial charge is 0.468 e. The first-order chi connectivity index (χ1) is 11.2. The van der Waals surface area contributed by atoms with Crippen LogP contribution in [0.5, 0.6) is 0 Å². The van der Waals surface area contributed by atoms with E-state index in [0.717, 1.165) is 24.2 Å². The number of amides is 1. The summed E-state index contributed by atoms with van der Waals surface area (Å²) in [5.41, 5.74) is 1.69. The van der Waals surface area contributed by atoms with Crippen LogP contribution in [0, 0.1) is 0 Å². The Bertz CT molecular complexity index is 730. The Balaban J connectivity index is 1.66. The lowest BCUT2D eigenvalue weighted by molar-refractivity contribution is -0.122. The van der Waals surface area contributed by atoms with Gasteiger partial charge in [-0.15, -0.1) is 0 Å². The van der Waals surface area contributed by atoms with E-state index in [1.807, 2.05) is 35.2 Å². The molecule has 1 saturated carbocycles. The maximum atomic E-state index is 13.1. The number of piperidine rings is 1. The lowest BCUT2D eigenvalue weighted by Gasteiger charge is -2.35. The first-order valence-electron chi connectivity index (χ1n) is 8.19. The molecule has 1 aliphatic heterocycles. The minimum atomic E-state index is -0.174. The lowest BCUT2D eigenvalue weighted by atomic mass is 9.93. The maximum absolute atomic E-state index is 13.1. The molecule has 1 aromatic carbocycles. The van der Waals surface area contributed by atoms with Crippen LogP contribution in [-0.4, -0.2) is 23.1 Å². The summed E-state index contributed by atoms with van der Waals surface area (Å²) >= 11 is 0. The normalized spacial score (nSPS) is 21.5. The van der Waals surface area contributed by atoms with Crippen molar-refractivity contribution in [2.75, 3.05) is 6.54 Å². The number of furan rings is 1. The number of hydrogen-bond donors (Lipinski definition) is 0. The summed E-state index contributed by atoms with van der Waals surface area (Å²) < 4.78 is 5.55. The minimum Gasteiger partial charge on any atom is -0.468 e. The van der Waals surface area contributed by atoms with Gasteiger partial charge in [0.05, 0.1) is 17.9 Å². The molecule has 4 rings (SSSR count). The molecule has 2 heterocycles. The third-order valence-electron chi connectivity index (χ3n) is 4.75. The third-order valence-corrected chi connectivity index (χ3v) is 4.75. The predicted molar refractivity (Wildman–Crippen MR) is 85.1 cm³/mol. The summed E-state index contributed by atoms with van der Waals surface area (Å²) in [7, 11) is 0. The molecule has 0 N–H and O–H groups in total. The topological polar surface area (TPSA) is 50.5 Å². The first-order valence-corrected chi connectivity index (χ1v) is 8.19. The molecule has 0 spiro atoms. The van der Waals surface area contributed by atoms with Gasteiger partial charge in [-0.1, -0.05) is 30.3 Å². The van der Waals surface area contributed by atoms with Crippen LogP contribution in [-0.2, 0) is 4.79 Å². The number of likely N-dealkylation sites (tertiary alicyclic amines) is 1. The number of Topliss-reactive ketones (excluding diaryl/α,β-unsaturated/α-hetero) is 1. The Morgan fingerprint density at radius 3 is 2.65 bits per heavy atom. The number of nitrogens with zero attached hydrogens (tertiary/aromatic N) is 1. The van der Waals surface area contributed by atoms with Gasteiger partial charge in [-0.05, 0) is 24.5 Å². The standard InChI is InChI=1S/C19H19NO3/c21-15-8-10-20(17(12-15)13-4-2-1-3-5-13)19(22)16-9-11-23-18(16)14-6-7-14/h1-5,9,11,14,17H,6-8,10,12H2/t17-/m0/s1. The average Bonchev–Trinajstić information content (AvgIpc) is 3.32. The van der Waals surface area contributed by atoms with Crippen molar-refractivity contribution in [2.24, 2.45) is 0 Å². The van der Waals surface area contributed by atoms with Gasteiger partial charge in [0.25, 0.3) is 5.91 Å². The molecule has 4 nitrogen and oxygen atoms in total. The molecule has 4 heteroatoms. The summed E-state index contributed by atoms with van der Waals surface area (Å²) in [5, 5.41) is 0. The van der Waals surface area contributed by atoms with Gasteiger partial charge in [0.2, 0.25) is 0 Å². The number of carbonyl (C=O) groups excluding carboxylic acids is 2. The zero-order chi connectivity index (χ0) is 15.8. The average molecular weight is 309 g/mol. The minimum absolute atomic E-state index is 0.0120. The van der Waals surface area contributed by atoms with E-state index >= 15 is 0 Å². The molecule has 0 bridgehead atoms. The fourth-order valence-corrected chi connectivity index (χ4v) is 3.36. The second-order valence-corrected chi connectivity index (χ2v) is 6.39. The zero-order valence-electron chi connectivity index (χ0n) is 12.9. The van der Waals surface area contributed by atoms with Gasteiger partial charge in [0.15, 0.2) is 0 Å². The van der Waals surface area contributed by atoms with Gasteiger partial charge in [-0.2, -0.15) is 0 Å². The molecule has 1 aliphatic carbocycles. The Hall–Kier alpha value is -2.36. The number of hydrogen-bond acceptors (Lipinski definition) is 3. The number of carbonyl (C=O) groups is 2. The molecule has 23 heavy (non-hydrogen) atoms. The molecule has 2 fully saturated rings. The van der Waals surface area contributed by atoms with Crippen LogP contribution < -0.4 is 0 Å². The fourth-order valence-electron chi connectivity index (χ4n) is 3.36. The highest BCUT2D eigenvalue weighted by Gasteiger charge is 2.36. The van der Waals surface area contributed by atoms with Crippen LogP contribution in [0.15, 0.2) is 47.1 Å². The van der Waals surface area contributed by atoms with Crippen molar-refractivity contribution in [3.8, 4) is 0 Å². The monoisotopic (exact) mass is 309 g/mol. The van der Waals surface area contributed by atoms with Crippen molar-refractivity contribution in [1.29, 1.82) is 0 Å². The van der Waals surface area contributed by atoms with Gasteiger partial charge in [0, 0.05) is 25.3 Å². The van der Waals surface area contributed by atoms with Gasteiger partial charge >= 0.3 is 0 Å². The number of benzene rings is 1. The molecule has 1 saturated heterocycles. The van der Waals surface area contributed by atoms with Gasteiger partial charge < -0.3 is 9.32 Å². The molecule has 118 valence electrons. The van der Waals surface area contributed by atoms with E-state index in [4.69, 9.17) is 4.42 Å². The maximum Gasteiger partial charge on any atom is 0.257 e. The summed E-state index contributed by atoms with van der Waals surface area (Å²) in [6.07, 6.45) is 4.62. The van der Waals surface area contributed by atoms with Crippen LogP contribution in [0.4, 0.5) is 0 Å². The van der Waals surface area contributed by atoms with E-state index in [-0.39, 0.29) is 17.7 Å². The first kappa shape index (κ1) is 14.2. The van der Waals surface area contributed by atoms with Crippen LogP contribution in [0.3, 0.4) is 0 Å². The molecular weight excluding hydrogens is 290 g/mol. The quantitative estimate of drug-likeness (QED) is 0.868. The molecule has 2 aliphatic rings. The molecule has 1 atom stereocenters. The zero-order valence-corrected chi connectivity index (χ0v) is 12.9. The van der Waals surface area contributed by atoms with Crippen molar-refractivity contribution >= 4 is 11.7 Å². The second kappa shape index (κ2) is 5.69. The fraction of sp³-hybridized carbons (Fsp3) is 0.368. The summed E-state index contributed by atoms with van der Waals surface area (Å²) in [5.74, 6) is 1.42. The highest BCUT2D eigenvalue weighted by Crippen LogP contribution is 2.43. The number of rotatable bonds is 3. The molecule has 1 amide bonds. The summed E-state index contributed by atoms with van der Waals surface area (Å²) in [4.78, 5) is 26.8. The van der Waals surface area contributed by atoms with Crippen molar-refractivity contribution in [3.05, 3.63) is 59.5 Å². The van der Waals surface area contributed by atoms with E-state index in [0.29, 0.717) is 30.9 Å². The third kappa shape index (κ3) is 2.69. The van der Waals surface area contributed by atoms with E-state index < -0.39 is 0 Å². The lowest BCUT2D eigenvalue weighted by Crippen LogP contribution is -2.41. The summed E-state index contributed by atoms with van der Waals surface area (Å²) in [6.45, 7) is 0.479. The van der Waals surface area contributed by atoms with Crippen molar-refractivity contribution in [1.82, 2.24) is 4.90 Å². The summed E-state index contributed by atoms with van der Waals surface area (Å²) in [6, 6.07) is 11.4. The number of ketones is 1. The van der Waals surface area contributed by atoms with Gasteiger partial charge in [-0.25, -0.2) is 0 Å². The molecule has 1 aromatic heterocycles. The van der Waals surface area contributed by atoms with E-state index in [1.165, 1.54) is 0 Å². The van der Waals surface area contributed by atoms with Crippen LogP contribution in [0.2, 0.25) is 0 Å². The van der Waals surface area contributed by atoms with Crippen molar-refractivity contribution in [3.63, 3.8) is 0 Å². The van der Waals surface area contributed by atoms with Crippen LogP contribution in [0.25, 0.3) is 0 Å². The molecule has 0 radical (unpaired) electrons. The van der Waals surface area contributed by atoms with Crippen LogP contribution >= 0.6 is 0 Å². The van der Waals surface area contributed by atoms with E-state index in [1.54, 1.807) is 12.3 Å². The Labute approximate surface area is 135 Å². The second-order valence-electron chi connectivity index (χ2n) is 6.39. The van der Waals surface area contributed by atoms with Crippen molar-refractivity contribution < 1.29 is 14.0 Å². The molecule has 0 unspecified atom stereocenters. The SMILES string of the molecule is O=C1CCN(C(=O)c2ccoc2C2CC2)[C@H](c2ccccc2)C1. The Morgan fingerprint density at radius 2 is 1.91 bits per heavy atom. The Kier molecular flexibility index (Phi) is 3.52. The smallest absolute Gasteiger partial charge is 0.257 e. The van der Waals surface area contributed by atoms with Crippen LogP contribution in [0.1, 0.15) is 59.3 Å².